The van der Waals surface area contributed by atoms with E-state index in [4.69, 9.17) is 15.3 Å². The molecule has 2 aromatic rings. The van der Waals surface area contributed by atoms with Crippen molar-refractivity contribution in [1.29, 1.82) is 0 Å². The second-order valence-electron chi connectivity index (χ2n) is 4.77. The van der Waals surface area contributed by atoms with E-state index >= 15 is 0 Å². The van der Waals surface area contributed by atoms with Crippen molar-refractivity contribution >= 4 is 23.1 Å². The van der Waals surface area contributed by atoms with Gasteiger partial charge in [0.05, 0.1) is 7.11 Å². The Morgan fingerprint density at radius 3 is 2.87 bits per heavy atom. The minimum absolute atomic E-state index is 0.246. The predicted octanol–water partition coefficient (Wildman–Crippen LogP) is 2.10. The number of oxime groups is 1. The molecule has 3 N–H and O–H groups in total. The maximum absolute atomic E-state index is 12.0. The summed E-state index contributed by atoms with van der Waals surface area (Å²) in [5, 5.41) is 10.3. The van der Waals surface area contributed by atoms with Crippen LogP contribution in [0.15, 0.2) is 46.2 Å². The molecule has 6 nitrogen and oxygen atoms in total. The van der Waals surface area contributed by atoms with Gasteiger partial charge in [-0.15, -0.1) is 0 Å². The van der Waals surface area contributed by atoms with Crippen molar-refractivity contribution in [3.63, 3.8) is 0 Å². The summed E-state index contributed by atoms with van der Waals surface area (Å²) in [5.41, 5.74) is 7.43. The number of ether oxygens (including phenoxy) is 1. The van der Waals surface area contributed by atoms with Gasteiger partial charge in [0, 0.05) is 23.1 Å². The number of carbonyl (C=O) groups is 1. The maximum atomic E-state index is 12.0. The number of para-hydroxylation sites is 1. The smallest absolute Gasteiger partial charge is 0.263 e. The zero-order valence-corrected chi connectivity index (χ0v) is 13.8. The van der Waals surface area contributed by atoms with Crippen LogP contribution in [0.5, 0.6) is 5.75 Å². The number of amidine groups is 1. The lowest BCUT2D eigenvalue weighted by molar-refractivity contribution is -0.131. The van der Waals surface area contributed by atoms with Crippen LogP contribution >= 0.6 is 11.3 Å². The normalized spacial score (nSPS) is 12.5. The summed E-state index contributed by atoms with van der Waals surface area (Å²) in [4.78, 5) is 17.2. The van der Waals surface area contributed by atoms with Crippen LogP contribution in [0.25, 0.3) is 0 Å². The zero-order chi connectivity index (χ0) is 16.7. The number of hydrogen-bond donors (Lipinski definition) is 2. The van der Waals surface area contributed by atoms with Gasteiger partial charge in [-0.1, -0.05) is 23.4 Å². The third-order valence-electron chi connectivity index (χ3n) is 3.14. The standard InChI is InChI=1S/C16H19N3O3S/c1-11(22-19-15(17)13-7-8-23-10-13)16(20)18-9-12-5-3-4-6-14(12)21-2/h3-8,10-11H,9H2,1-2H3,(H2,17,19)(H,18,20). The van der Waals surface area contributed by atoms with Crippen molar-refractivity contribution in [3.05, 3.63) is 52.2 Å². The van der Waals surface area contributed by atoms with E-state index in [0.717, 1.165) is 16.9 Å². The van der Waals surface area contributed by atoms with Crippen molar-refractivity contribution in [3.8, 4) is 5.75 Å². The summed E-state index contributed by atoms with van der Waals surface area (Å²) in [6.07, 6.45) is -0.748. The van der Waals surface area contributed by atoms with E-state index in [1.807, 2.05) is 41.1 Å². The molecule has 1 atom stereocenters. The molecule has 0 aliphatic heterocycles. The van der Waals surface area contributed by atoms with Crippen molar-refractivity contribution in [2.75, 3.05) is 7.11 Å². The van der Waals surface area contributed by atoms with Crippen LogP contribution in [0.2, 0.25) is 0 Å². The first-order valence-corrected chi connectivity index (χ1v) is 7.97. The molecule has 0 radical (unpaired) electrons. The fourth-order valence-corrected chi connectivity index (χ4v) is 2.47. The maximum Gasteiger partial charge on any atom is 0.263 e. The quantitative estimate of drug-likeness (QED) is 0.461. The minimum Gasteiger partial charge on any atom is -0.496 e. The van der Waals surface area contributed by atoms with E-state index < -0.39 is 6.10 Å². The number of hydrogen-bond acceptors (Lipinski definition) is 5. The lowest BCUT2D eigenvalue weighted by Gasteiger charge is -2.12. The van der Waals surface area contributed by atoms with Gasteiger partial charge in [0.1, 0.15) is 5.75 Å². The SMILES string of the molecule is COc1ccccc1CNC(=O)C(C)O/N=C(\N)c1ccsc1. The average molecular weight is 333 g/mol. The topological polar surface area (TPSA) is 85.9 Å². The first kappa shape index (κ1) is 16.8. The second kappa shape index (κ2) is 8.19. The van der Waals surface area contributed by atoms with Crippen LogP contribution in [0, 0.1) is 0 Å². The molecule has 1 amide bonds. The first-order valence-electron chi connectivity index (χ1n) is 7.03. The van der Waals surface area contributed by atoms with Gasteiger partial charge >= 0.3 is 0 Å². The number of carbonyl (C=O) groups excluding carboxylic acids is 1. The van der Waals surface area contributed by atoms with Gasteiger partial charge in [-0.2, -0.15) is 11.3 Å². The largest absolute Gasteiger partial charge is 0.496 e. The molecule has 0 saturated heterocycles. The fraction of sp³-hybridized carbons (Fsp3) is 0.250. The van der Waals surface area contributed by atoms with Crippen LogP contribution < -0.4 is 15.8 Å². The number of nitrogens with one attached hydrogen (secondary N) is 1. The summed E-state index contributed by atoms with van der Waals surface area (Å²) in [7, 11) is 1.59. The highest BCUT2D eigenvalue weighted by Gasteiger charge is 2.15. The molecular weight excluding hydrogens is 314 g/mol. The van der Waals surface area contributed by atoms with Crippen LogP contribution in [0.1, 0.15) is 18.1 Å². The molecule has 2 rings (SSSR count). The summed E-state index contributed by atoms with van der Waals surface area (Å²) in [5.74, 6) is 0.689. The van der Waals surface area contributed by atoms with Gasteiger partial charge in [-0.3, -0.25) is 4.79 Å². The summed E-state index contributed by atoms with van der Waals surface area (Å²) < 4.78 is 5.24. The van der Waals surface area contributed by atoms with Gasteiger partial charge < -0.3 is 20.6 Å². The van der Waals surface area contributed by atoms with Crippen LogP contribution in [-0.2, 0) is 16.2 Å². The van der Waals surface area contributed by atoms with Crippen LogP contribution in [0.4, 0.5) is 0 Å². The summed E-state index contributed by atoms with van der Waals surface area (Å²) >= 11 is 1.51. The highest BCUT2D eigenvalue weighted by Crippen LogP contribution is 2.16. The molecule has 0 aliphatic carbocycles. The number of methoxy groups -OCH3 is 1. The van der Waals surface area contributed by atoms with Gasteiger partial charge in [0.2, 0.25) is 6.10 Å². The van der Waals surface area contributed by atoms with Gasteiger partial charge in [0.15, 0.2) is 5.84 Å². The number of amides is 1. The molecule has 23 heavy (non-hydrogen) atoms. The van der Waals surface area contributed by atoms with E-state index in [9.17, 15) is 4.79 Å². The number of benzene rings is 1. The Balaban J connectivity index is 1.87. The monoisotopic (exact) mass is 333 g/mol. The van der Waals surface area contributed by atoms with Crippen molar-refractivity contribution in [1.82, 2.24) is 5.32 Å². The Kier molecular flexibility index (Phi) is 5.99. The van der Waals surface area contributed by atoms with E-state index in [2.05, 4.69) is 10.5 Å². The zero-order valence-electron chi connectivity index (χ0n) is 13.0. The summed E-state index contributed by atoms with van der Waals surface area (Å²) in [6, 6.07) is 9.32. The lowest BCUT2D eigenvalue weighted by atomic mass is 10.2. The number of rotatable bonds is 7. The molecule has 122 valence electrons. The third-order valence-corrected chi connectivity index (χ3v) is 3.82. The molecule has 1 aromatic heterocycles. The predicted molar refractivity (Wildman–Crippen MR) is 90.4 cm³/mol. The van der Waals surface area contributed by atoms with E-state index in [0.29, 0.717) is 6.54 Å². The Hall–Kier alpha value is -2.54. The molecule has 0 bridgehead atoms. The van der Waals surface area contributed by atoms with Crippen LogP contribution in [-0.4, -0.2) is 25.0 Å². The number of thiophene rings is 1. The number of nitrogens with two attached hydrogens (primary N) is 1. The lowest BCUT2D eigenvalue weighted by Crippen LogP contribution is -2.33. The average Bonchev–Trinajstić information content (AvgIpc) is 3.12. The highest BCUT2D eigenvalue weighted by atomic mass is 32.1. The third kappa shape index (κ3) is 4.72. The molecular formula is C16H19N3O3S. The fourth-order valence-electron chi connectivity index (χ4n) is 1.82. The summed E-state index contributed by atoms with van der Waals surface area (Å²) in [6.45, 7) is 1.96. The molecule has 1 unspecified atom stereocenters. The van der Waals surface area contributed by atoms with Crippen molar-refractivity contribution in [2.45, 2.75) is 19.6 Å². The molecule has 7 heteroatoms. The van der Waals surface area contributed by atoms with Gasteiger partial charge in [-0.05, 0) is 24.4 Å². The Morgan fingerprint density at radius 2 is 2.17 bits per heavy atom. The minimum atomic E-state index is -0.748. The van der Waals surface area contributed by atoms with Crippen LogP contribution in [0.3, 0.4) is 0 Å². The van der Waals surface area contributed by atoms with E-state index in [-0.39, 0.29) is 11.7 Å². The Morgan fingerprint density at radius 1 is 1.39 bits per heavy atom. The molecule has 1 heterocycles. The molecule has 0 fully saturated rings. The Labute approximate surface area is 138 Å². The van der Waals surface area contributed by atoms with E-state index in [1.54, 1.807) is 14.0 Å². The molecule has 0 aliphatic rings. The molecule has 1 aromatic carbocycles. The first-order chi connectivity index (χ1) is 11.1. The van der Waals surface area contributed by atoms with Crippen molar-refractivity contribution in [2.24, 2.45) is 10.9 Å². The molecule has 0 saturated carbocycles. The highest BCUT2D eigenvalue weighted by molar-refractivity contribution is 7.08. The van der Waals surface area contributed by atoms with Gasteiger partial charge in [0.25, 0.3) is 5.91 Å². The van der Waals surface area contributed by atoms with E-state index in [1.165, 1.54) is 11.3 Å². The second-order valence-corrected chi connectivity index (χ2v) is 5.55. The molecule has 0 spiro atoms. The van der Waals surface area contributed by atoms with Gasteiger partial charge in [-0.25, -0.2) is 0 Å². The number of nitrogens with zero attached hydrogens (tertiary/aromatic N) is 1. The Bertz CT molecular complexity index is 671. The van der Waals surface area contributed by atoms with Crippen molar-refractivity contribution < 1.29 is 14.4 Å².